The number of thioether (sulfide) groups is 2. The maximum absolute atomic E-state index is 5.63. The SMILES string of the molecule is NNC(Cc1cncs1)C1CSCCS1. The standard InChI is InChI=1S/C9H15N3S3/c10-12-8(3-7-4-11-6-15-7)9-5-13-1-2-14-9/h4,6,8-9,12H,1-3,5,10H2. The third-order valence-electron chi connectivity index (χ3n) is 2.41. The Balaban J connectivity index is 1.91. The topological polar surface area (TPSA) is 50.9 Å². The molecule has 1 aromatic rings. The van der Waals surface area contributed by atoms with E-state index in [2.05, 4.69) is 10.4 Å². The van der Waals surface area contributed by atoms with E-state index in [4.69, 9.17) is 5.84 Å². The molecule has 1 aliphatic heterocycles. The van der Waals surface area contributed by atoms with Crippen molar-refractivity contribution >= 4 is 34.9 Å². The van der Waals surface area contributed by atoms with Crippen LogP contribution in [-0.4, -0.2) is 33.5 Å². The molecule has 0 bridgehead atoms. The van der Waals surface area contributed by atoms with Gasteiger partial charge in [-0.1, -0.05) is 0 Å². The number of nitrogens with zero attached hydrogens (tertiary/aromatic N) is 1. The summed E-state index contributed by atoms with van der Waals surface area (Å²) >= 11 is 5.78. The first-order chi connectivity index (χ1) is 7.40. The lowest BCUT2D eigenvalue weighted by molar-refractivity contribution is 0.526. The van der Waals surface area contributed by atoms with Crippen molar-refractivity contribution in [1.82, 2.24) is 10.4 Å². The van der Waals surface area contributed by atoms with Gasteiger partial charge in [-0.05, 0) is 0 Å². The van der Waals surface area contributed by atoms with Crippen molar-refractivity contribution in [3.8, 4) is 0 Å². The van der Waals surface area contributed by atoms with Gasteiger partial charge >= 0.3 is 0 Å². The Hall–Kier alpha value is 0.250. The number of hydrogen-bond donors (Lipinski definition) is 2. The summed E-state index contributed by atoms with van der Waals surface area (Å²) in [7, 11) is 0. The Bertz CT molecular complexity index is 272. The van der Waals surface area contributed by atoms with Crippen LogP contribution in [0.15, 0.2) is 11.7 Å². The summed E-state index contributed by atoms with van der Waals surface area (Å²) in [6.07, 6.45) is 2.94. The van der Waals surface area contributed by atoms with Gasteiger partial charge in [0.2, 0.25) is 0 Å². The second-order valence-electron chi connectivity index (χ2n) is 3.43. The molecule has 1 aromatic heterocycles. The van der Waals surface area contributed by atoms with E-state index in [-0.39, 0.29) is 0 Å². The average molecular weight is 261 g/mol. The van der Waals surface area contributed by atoms with E-state index in [9.17, 15) is 0 Å². The monoisotopic (exact) mass is 261 g/mol. The van der Waals surface area contributed by atoms with Gasteiger partial charge in [0.05, 0.1) is 5.51 Å². The molecule has 0 spiro atoms. The van der Waals surface area contributed by atoms with Gasteiger partial charge in [0, 0.05) is 46.0 Å². The van der Waals surface area contributed by atoms with E-state index >= 15 is 0 Å². The molecule has 3 N–H and O–H groups in total. The van der Waals surface area contributed by atoms with Gasteiger partial charge in [-0.3, -0.25) is 16.3 Å². The molecule has 0 amide bonds. The summed E-state index contributed by atoms with van der Waals surface area (Å²) in [5.74, 6) is 9.36. The maximum Gasteiger partial charge on any atom is 0.0794 e. The number of nitrogens with one attached hydrogen (secondary N) is 1. The first-order valence-corrected chi connectivity index (χ1v) is 8.01. The molecule has 1 fully saturated rings. The Morgan fingerprint density at radius 1 is 1.60 bits per heavy atom. The van der Waals surface area contributed by atoms with Crippen molar-refractivity contribution in [2.75, 3.05) is 17.3 Å². The smallest absolute Gasteiger partial charge is 0.0794 e. The molecule has 0 radical (unpaired) electrons. The van der Waals surface area contributed by atoms with Crippen molar-refractivity contribution in [3.05, 3.63) is 16.6 Å². The van der Waals surface area contributed by atoms with Gasteiger partial charge in [-0.15, -0.1) is 11.3 Å². The van der Waals surface area contributed by atoms with Crippen LogP contribution in [0.25, 0.3) is 0 Å². The fourth-order valence-electron chi connectivity index (χ4n) is 1.60. The lowest BCUT2D eigenvalue weighted by atomic mass is 10.1. The number of hydrogen-bond acceptors (Lipinski definition) is 6. The second-order valence-corrected chi connectivity index (χ2v) is 6.90. The number of aromatic nitrogens is 1. The molecule has 3 nitrogen and oxygen atoms in total. The van der Waals surface area contributed by atoms with Crippen LogP contribution in [0.2, 0.25) is 0 Å². The number of rotatable bonds is 4. The van der Waals surface area contributed by atoms with Gasteiger partial charge in [-0.2, -0.15) is 23.5 Å². The minimum atomic E-state index is 0.378. The third-order valence-corrected chi connectivity index (χ3v) is 6.13. The summed E-state index contributed by atoms with van der Waals surface area (Å²) in [6.45, 7) is 0. The Kier molecular flexibility index (Phi) is 4.77. The first kappa shape index (κ1) is 11.7. The summed E-state index contributed by atoms with van der Waals surface area (Å²) in [5.41, 5.74) is 4.84. The maximum atomic E-state index is 5.63. The molecular formula is C9H15N3S3. The molecule has 2 atom stereocenters. The van der Waals surface area contributed by atoms with Crippen LogP contribution < -0.4 is 11.3 Å². The molecule has 84 valence electrons. The average Bonchev–Trinajstić information content (AvgIpc) is 2.80. The minimum absolute atomic E-state index is 0.378. The van der Waals surface area contributed by atoms with Crippen LogP contribution in [0.3, 0.4) is 0 Å². The van der Waals surface area contributed by atoms with Gasteiger partial charge in [-0.25, -0.2) is 0 Å². The molecule has 1 saturated heterocycles. The first-order valence-electron chi connectivity index (χ1n) is 4.93. The van der Waals surface area contributed by atoms with E-state index in [1.165, 1.54) is 22.1 Å². The number of nitrogens with two attached hydrogens (primary N) is 1. The fourth-order valence-corrected chi connectivity index (χ4v) is 5.12. The lowest BCUT2D eigenvalue weighted by Gasteiger charge is -2.28. The van der Waals surface area contributed by atoms with E-state index in [1.807, 2.05) is 35.2 Å². The molecule has 2 unspecified atom stereocenters. The predicted octanol–water partition coefficient (Wildman–Crippen LogP) is 1.37. The van der Waals surface area contributed by atoms with Crippen LogP contribution in [0.1, 0.15) is 4.88 Å². The molecular weight excluding hydrogens is 246 g/mol. The summed E-state index contributed by atoms with van der Waals surface area (Å²) in [6, 6.07) is 0.378. The molecule has 0 aromatic carbocycles. The fraction of sp³-hybridized carbons (Fsp3) is 0.667. The van der Waals surface area contributed by atoms with Crippen molar-refractivity contribution in [2.24, 2.45) is 5.84 Å². The van der Waals surface area contributed by atoms with E-state index < -0.39 is 0 Å². The lowest BCUT2D eigenvalue weighted by Crippen LogP contribution is -2.46. The highest BCUT2D eigenvalue weighted by Gasteiger charge is 2.24. The Labute approximate surface area is 103 Å². The van der Waals surface area contributed by atoms with E-state index in [1.54, 1.807) is 11.3 Å². The number of hydrazine groups is 1. The van der Waals surface area contributed by atoms with E-state index in [0.717, 1.165) is 6.42 Å². The van der Waals surface area contributed by atoms with E-state index in [0.29, 0.717) is 11.3 Å². The highest BCUT2D eigenvalue weighted by atomic mass is 32.2. The van der Waals surface area contributed by atoms with Crippen molar-refractivity contribution < 1.29 is 0 Å². The van der Waals surface area contributed by atoms with Crippen LogP contribution in [0.5, 0.6) is 0 Å². The third kappa shape index (κ3) is 3.35. The Morgan fingerprint density at radius 3 is 3.13 bits per heavy atom. The van der Waals surface area contributed by atoms with Gasteiger partial charge in [0.1, 0.15) is 0 Å². The Morgan fingerprint density at radius 2 is 2.53 bits per heavy atom. The minimum Gasteiger partial charge on any atom is -0.271 e. The molecule has 0 aliphatic carbocycles. The van der Waals surface area contributed by atoms with Crippen molar-refractivity contribution in [1.29, 1.82) is 0 Å². The molecule has 6 heteroatoms. The largest absolute Gasteiger partial charge is 0.271 e. The highest BCUT2D eigenvalue weighted by molar-refractivity contribution is 8.06. The zero-order valence-electron chi connectivity index (χ0n) is 8.39. The zero-order valence-corrected chi connectivity index (χ0v) is 10.8. The van der Waals surface area contributed by atoms with Crippen molar-refractivity contribution in [3.63, 3.8) is 0 Å². The molecule has 2 rings (SSSR count). The van der Waals surface area contributed by atoms with Crippen LogP contribution in [0, 0.1) is 0 Å². The summed E-state index contributed by atoms with van der Waals surface area (Å²) < 4.78 is 0. The number of thiazole rings is 1. The predicted molar refractivity (Wildman–Crippen MR) is 70.5 cm³/mol. The normalized spacial score (nSPS) is 23.9. The van der Waals surface area contributed by atoms with Crippen LogP contribution in [0.4, 0.5) is 0 Å². The molecule has 15 heavy (non-hydrogen) atoms. The zero-order chi connectivity index (χ0) is 10.5. The summed E-state index contributed by atoms with van der Waals surface area (Å²) in [5, 5.41) is 0.635. The molecule has 2 heterocycles. The molecule has 1 aliphatic rings. The van der Waals surface area contributed by atoms with Crippen molar-refractivity contribution in [2.45, 2.75) is 17.7 Å². The van der Waals surface area contributed by atoms with Crippen LogP contribution in [-0.2, 0) is 6.42 Å². The quantitative estimate of drug-likeness (QED) is 0.633. The van der Waals surface area contributed by atoms with Gasteiger partial charge < -0.3 is 0 Å². The molecule has 0 saturated carbocycles. The second kappa shape index (κ2) is 6.10. The van der Waals surface area contributed by atoms with Gasteiger partial charge in [0.15, 0.2) is 0 Å². The van der Waals surface area contributed by atoms with Gasteiger partial charge in [0.25, 0.3) is 0 Å². The highest BCUT2D eigenvalue weighted by Crippen LogP contribution is 2.27. The van der Waals surface area contributed by atoms with Crippen LogP contribution >= 0.6 is 34.9 Å². The summed E-state index contributed by atoms with van der Waals surface area (Å²) in [4.78, 5) is 5.41.